The van der Waals surface area contributed by atoms with Crippen LogP contribution in [0.25, 0.3) is 5.57 Å². The summed E-state index contributed by atoms with van der Waals surface area (Å²) in [6.07, 6.45) is 1.22. The average molecular weight is 300 g/mol. The Hall–Kier alpha value is -2.56. The molecule has 1 amide bonds. The summed E-state index contributed by atoms with van der Waals surface area (Å²) in [6.45, 7) is 5.99. The molecule has 116 valence electrons. The fraction of sp³-hybridized carbons (Fsp3) is 0.294. The molecule has 5 nitrogen and oxygen atoms in total. The van der Waals surface area contributed by atoms with Gasteiger partial charge in [-0.2, -0.15) is 0 Å². The van der Waals surface area contributed by atoms with E-state index in [4.69, 9.17) is 0 Å². The van der Waals surface area contributed by atoms with E-state index >= 15 is 0 Å². The van der Waals surface area contributed by atoms with Crippen LogP contribution in [0.15, 0.2) is 47.8 Å². The van der Waals surface area contributed by atoms with Crippen molar-refractivity contribution in [2.75, 3.05) is 7.11 Å². The molecule has 2 N–H and O–H groups in total. The molecule has 1 heterocycles. The highest BCUT2D eigenvalue weighted by Crippen LogP contribution is 2.30. The molecule has 0 fully saturated rings. The lowest BCUT2D eigenvalue weighted by molar-refractivity contribution is -0.135. The maximum atomic E-state index is 12.2. The topological polar surface area (TPSA) is 67.4 Å². The van der Waals surface area contributed by atoms with E-state index in [0.717, 1.165) is 5.56 Å². The minimum Gasteiger partial charge on any atom is -0.466 e. The van der Waals surface area contributed by atoms with Crippen LogP contribution in [0.1, 0.15) is 26.3 Å². The lowest BCUT2D eigenvalue weighted by Gasteiger charge is -2.23. The minimum atomic E-state index is -0.560. The Kier molecular flexibility index (Phi) is 4.35. The van der Waals surface area contributed by atoms with Gasteiger partial charge in [-0.05, 0) is 26.3 Å². The van der Waals surface area contributed by atoms with Crippen molar-refractivity contribution < 1.29 is 14.3 Å². The van der Waals surface area contributed by atoms with Crippen molar-refractivity contribution in [1.29, 1.82) is 0 Å². The molecule has 0 unspecified atom stereocenters. The summed E-state index contributed by atoms with van der Waals surface area (Å²) in [5.74, 6) is -0.287. The van der Waals surface area contributed by atoms with Crippen molar-refractivity contribution in [3.63, 3.8) is 0 Å². The molecule has 0 saturated heterocycles. The van der Waals surface area contributed by atoms with Crippen LogP contribution in [0.4, 0.5) is 0 Å². The number of carbonyl (C=O) groups excluding carboxylic acids is 2. The van der Waals surface area contributed by atoms with E-state index < -0.39 is 5.97 Å². The third-order valence-electron chi connectivity index (χ3n) is 3.03. The van der Waals surface area contributed by atoms with E-state index in [0.29, 0.717) is 17.0 Å². The number of amides is 1. The van der Waals surface area contributed by atoms with Crippen molar-refractivity contribution >= 4 is 17.4 Å². The first-order valence-corrected chi connectivity index (χ1v) is 7.01. The Morgan fingerprint density at radius 1 is 1.23 bits per heavy atom. The van der Waals surface area contributed by atoms with Gasteiger partial charge in [-0.1, -0.05) is 30.3 Å². The number of rotatable bonds is 3. The van der Waals surface area contributed by atoms with E-state index in [1.54, 1.807) is 0 Å². The number of benzene rings is 1. The summed E-state index contributed by atoms with van der Waals surface area (Å²) < 4.78 is 4.64. The lowest BCUT2D eigenvalue weighted by atomic mass is 9.98. The number of carbonyl (C=O) groups is 2. The average Bonchev–Trinajstić information content (AvgIpc) is 2.73. The summed E-state index contributed by atoms with van der Waals surface area (Å²) in [4.78, 5) is 23.8. The van der Waals surface area contributed by atoms with Gasteiger partial charge in [0.05, 0.1) is 12.7 Å². The van der Waals surface area contributed by atoms with E-state index in [-0.39, 0.29) is 11.4 Å². The fourth-order valence-corrected chi connectivity index (χ4v) is 2.18. The first-order chi connectivity index (χ1) is 10.3. The second kappa shape index (κ2) is 6.05. The van der Waals surface area contributed by atoms with Crippen molar-refractivity contribution in [2.45, 2.75) is 26.3 Å². The van der Waals surface area contributed by atoms with Gasteiger partial charge in [-0.3, -0.25) is 4.79 Å². The molecule has 0 atom stereocenters. The Balaban J connectivity index is 2.56. The molecule has 5 heteroatoms. The molecule has 0 aromatic heterocycles. The van der Waals surface area contributed by atoms with Gasteiger partial charge < -0.3 is 15.4 Å². The molecule has 2 rings (SSSR count). The van der Waals surface area contributed by atoms with Crippen LogP contribution >= 0.6 is 0 Å². The van der Waals surface area contributed by atoms with Crippen LogP contribution in [0.2, 0.25) is 0 Å². The zero-order valence-electron chi connectivity index (χ0n) is 13.2. The molecule has 1 aliphatic rings. The molecule has 22 heavy (non-hydrogen) atoms. The Bertz CT molecular complexity index is 652. The van der Waals surface area contributed by atoms with Crippen LogP contribution < -0.4 is 10.6 Å². The Labute approximate surface area is 130 Å². The predicted octanol–water partition coefficient (Wildman–Crippen LogP) is 1.97. The number of methoxy groups -OCH3 is 1. The number of nitrogens with one attached hydrogen (secondary N) is 2. The summed E-state index contributed by atoms with van der Waals surface area (Å²) in [5, 5.41) is 6.07. The molecule has 1 aromatic carbocycles. The highest BCUT2D eigenvalue weighted by Gasteiger charge is 2.31. The minimum absolute atomic E-state index is 0.233. The molecule has 0 saturated carbocycles. The molecular weight excluding hydrogens is 280 g/mol. The second-order valence-corrected chi connectivity index (χ2v) is 6.03. The highest BCUT2D eigenvalue weighted by atomic mass is 16.5. The summed E-state index contributed by atoms with van der Waals surface area (Å²) in [6, 6.07) is 9.45. The Morgan fingerprint density at radius 3 is 2.41 bits per heavy atom. The van der Waals surface area contributed by atoms with Gasteiger partial charge in [0.25, 0.3) is 5.91 Å². The largest absolute Gasteiger partial charge is 0.466 e. The maximum Gasteiger partial charge on any atom is 0.331 e. The third-order valence-corrected chi connectivity index (χ3v) is 3.03. The zero-order chi connectivity index (χ0) is 16.3. The highest BCUT2D eigenvalue weighted by molar-refractivity contribution is 6.17. The van der Waals surface area contributed by atoms with Crippen LogP contribution in [0, 0.1) is 0 Å². The molecule has 1 aliphatic heterocycles. The standard InChI is InChI=1S/C17H20N2O3/c1-17(2,3)19-15-14(11-8-6-5-7-9-11)12(16(21)18-15)10-13(20)22-4/h5-10,19H,1-4H3,(H,18,21)/b12-10-. The van der Waals surface area contributed by atoms with Crippen molar-refractivity contribution in [1.82, 2.24) is 10.6 Å². The van der Waals surface area contributed by atoms with E-state index in [9.17, 15) is 9.59 Å². The van der Waals surface area contributed by atoms with Crippen molar-refractivity contribution in [2.24, 2.45) is 0 Å². The van der Waals surface area contributed by atoms with E-state index in [2.05, 4.69) is 15.4 Å². The monoisotopic (exact) mass is 300 g/mol. The number of esters is 1. The number of hydrogen-bond acceptors (Lipinski definition) is 4. The fourth-order valence-electron chi connectivity index (χ4n) is 2.18. The molecule has 0 aliphatic carbocycles. The second-order valence-electron chi connectivity index (χ2n) is 6.03. The maximum absolute atomic E-state index is 12.2. The van der Waals surface area contributed by atoms with Gasteiger partial charge in [0.1, 0.15) is 5.82 Å². The van der Waals surface area contributed by atoms with Crippen molar-refractivity contribution in [3.05, 3.63) is 53.4 Å². The zero-order valence-corrected chi connectivity index (χ0v) is 13.2. The Morgan fingerprint density at radius 2 is 1.86 bits per heavy atom. The molecular formula is C17H20N2O3. The predicted molar refractivity (Wildman–Crippen MR) is 84.5 cm³/mol. The SMILES string of the molecule is COC(=O)/C=C1\C(=O)NC(NC(C)(C)C)=C1c1ccccc1. The summed E-state index contributed by atoms with van der Waals surface area (Å²) in [5.41, 5.74) is 1.59. The van der Waals surface area contributed by atoms with E-state index in [1.165, 1.54) is 13.2 Å². The first kappa shape index (κ1) is 15.8. The van der Waals surface area contributed by atoms with Gasteiger partial charge in [-0.25, -0.2) is 4.79 Å². The normalized spacial score (nSPS) is 16.7. The smallest absolute Gasteiger partial charge is 0.331 e. The lowest BCUT2D eigenvalue weighted by Crippen LogP contribution is -2.39. The molecule has 0 radical (unpaired) electrons. The van der Waals surface area contributed by atoms with Gasteiger partial charge in [-0.15, -0.1) is 0 Å². The van der Waals surface area contributed by atoms with Crippen molar-refractivity contribution in [3.8, 4) is 0 Å². The van der Waals surface area contributed by atoms with Gasteiger partial charge in [0, 0.05) is 17.2 Å². The molecule has 0 bridgehead atoms. The van der Waals surface area contributed by atoms with Gasteiger partial charge in [0.2, 0.25) is 0 Å². The number of hydrogen-bond donors (Lipinski definition) is 2. The van der Waals surface area contributed by atoms with Gasteiger partial charge in [0.15, 0.2) is 0 Å². The molecule has 1 aromatic rings. The molecule has 0 spiro atoms. The van der Waals surface area contributed by atoms with Crippen LogP contribution in [-0.4, -0.2) is 24.5 Å². The number of ether oxygens (including phenoxy) is 1. The summed E-state index contributed by atoms with van der Waals surface area (Å²) in [7, 11) is 1.28. The first-order valence-electron chi connectivity index (χ1n) is 7.01. The van der Waals surface area contributed by atoms with Gasteiger partial charge >= 0.3 is 5.97 Å². The summed E-state index contributed by atoms with van der Waals surface area (Å²) >= 11 is 0. The third kappa shape index (κ3) is 3.55. The van der Waals surface area contributed by atoms with Crippen LogP contribution in [-0.2, 0) is 14.3 Å². The van der Waals surface area contributed by atoms with E-state index in [1.807, 2.05) is 51.1 Å². The quantitative estimate of drug-likeness (QED) is 0.661. The van der Waals surface area contributed by atoms with Crippen LogP contribution in [0.3, 0.4) is 0 Å². The van der Waals surface area contributed by atoms with Crippen LogP contribution in [0.5, 0.6) is 0 Å².